The zero-order valence-corrected chi connectivity index (χ0v) is 14.1. The molecule has 0 bridgehead atoms. The Balaban J connectivity index is 2.54. The number of rotatable bonds is 9. The van der Waals surface area contributed by atoms with Gasteiger partial charge in [0, 0.05) is 19.6 Å². The van der Waals surface area contributed by atoms with E-state index in [0.717, 1.165) is 11.3 Å². The Morgan fingerprint density at radius 2 is 2.05 bits per heavy atom. The van der Waals surface area contributed by atoms with Crippen LogP contribution in [-0.2, 0) is 16.6 Å². The summed E-state index contributed by atoms with van der Waals surface area (Å²) in [4.78, 5) is 0. The first-order chi connectivity index (χ1) is 9.85. The molecule has 0 aromatic heterocycles. The van der Waals surface area contributed by atoms with Crippen LogP contribution in [0, 0.1) is 0 Å². The number of ether oxygens (including phenoxy) is 1. The van der Waals surface area contributed by atoms with Crippen molar-refractivity contribution < 1.29 is 13.2 Å². The van der Waals surface area contributed by atoms with Crippen LogP contribution >= 0.6 is 0 Å². The molecule has 1 N–H and O–H groups in total. The average Bonchev–Trinajstić information content (AvgIpc) is 2.43. The Hall–Kier alpha value is -1.11. The molecule has 0 unspecified atom stereocenters. The van der Waals surface area contributed by atoms with Crippen LogP contribution in [0.3, 0.4) is 0 Å². The van der Waals surface area contributed by atoms with E-state index in [2.05, 4.69) is 5.32 Å². The highest BCUT2D eigenvalue weighted by atomic mass is 32.2. The van der Waals surface area contributed by atoms with Gasteiger partial charge in [-0.25, -0.2) is 12.7 Å². The molecule has 0 radical (unpaired) electrons. The van der Waals surface area contributed by atoms with E-state index in [0.29, 0.717) is 25.6 Å². The highest BCUT2D eigenvalue weighted by Crippen LogP contribution is 2.15. The van der Waals surface area contributed by atoms with Crippen molar-refractivity contribution in [2.24, 2.45) is 0 Å². The van der Waals surface area contributed by atoms with Gasteiger partial charge in [-0.3, -0.25) is 0 Å². The average molecular weight is 314 g/mol. The SMILES string of the molecule is COc1cccc(CN(C)S(=O)(=O)CCCNC(C)C)c1. The lowest BCUT2D eigenvalue weighted by Crippen LogP contribution is -2.31. The Bertz CT molecular complexity index is 529. The fourth-order valence-corrected chi connectivity index (χ4v) is 3.09. The molecule has 0 heterocycles. The highest BCUT2D eigenvalue weighted by molar-refractivity contribution is 7.89. The van der Waals surface area contributed by atoms with Gasteiger partial charge in [-0.15, -0.1) is 0 Å². The third kappa shape index (κ3) is 6.46. The van der Waals surface area contributed by atoms with Crippen LogP contribution in [0.2, 0.25) is 0 Å². The number of methoxy groups -OCH3 is 1. The number of nitrogens with zero attached hydrogens (tertiary/aromatic N) is 1. The molecule has 0 atom stereocenters. The lowest BCUT2D eigenvalue weighted by atomic mass is 10.2. The van der Waals surface area contributed by atoms with Crippen molar-refractivity contribution in [3.8, 4) is 5.75 Å². The maximum absolute atomic E-state index is 12.2. The van der Waals surface area contributed by atoms with Gasteiger partial charge in [0.1, 0.15) is 5.75 Å². The molecule has 0 aliphatic heterocycles. The van der Waals surface area contributed by atoms with Gasteiger partial charge in [0.05, 0.1) is 12.9 Å². The van der Waals surface area contributed by atoms with Gasteiger partial charge >= 0.3 is 0 Å². The summed E-state index contributed by atoms with van der Waals surface area (Å²) in [6.45, 7) is 5.16. The number of hydrogen-bond acceptors (Lipinski definition) is 4. The van der Waals surface area contributed by atoms with E-state index >= 15 is 0 Å². The van der Waals surface area contributed by atoms with E-state index in [1.807, 2.05) is 38.1 Å². The summed E-state index contributed by atoms with van der Waals surface area (Å²) in [5.74, 6) is 0.895. The fraction of sp³-hybridized carbons (Fsp3) is 0.600. The minimum Gasteiger partial charge on any atom is -0.497 e. The van der Waals surface area contributed by atoms with E-state index in [4.69, 9.17) is 4.74 Å². The van der Waals surface area contributed by atoms with Crippen LogP contribution in [0.15, 0.2) is 24.3 Å². The second-order valence-corrected chi connectivity index (χ2v) is 7.58. The zero-order valence-electron chi connectivity index (χ0n) is 13.3. The molecule has 1 rings (SSSR count). The highest BCUT2D eigenvalue weighted by Gasteiger charge is 2.17. The zero-order chi connectivity index (χ0) is 15.9. The van der Waals surface area contributed by atoms with Crippen LogP contribution in [0.4, 0.5) is 0 Å². The maximum Gasteiger partial charge on any atom is 0.214 e. The Kier molecular flexibility index (Phi) is 7.14. The van der Waals surface area contributed by atoms with Gasteiger partial charge in [-0.2, -0.15) is 0 Å². The van der Waals surface area contributed by atoms with Gasteiger partial charge < -0.3 is 10.1 Å². The van der Waals surface area contributed by atoms with Gasteiger partial charge in [0.15, 0.2) is 0 Å². The molecule has 0 fully saturated rings. The van der Waals surface area contributed by atoms with Gasteiger partial charge in [0.2, 0.25) is 10.0 Å². The second-order valence-electron chi connectivity index (χ2n) is 5.39. The van der Waals surface area contributed by atoms with Crippen LogP contribution in [0.1, 0.15) is 25.8 Å². The monoisotopic (exact) mass is 314 g/mol. The van der Waals surface area contributed by atoms with Crippen molar-refractivity contribution in [2.45, 2.75) is 32.9 Å². The van der Waals surface area contributed by atoms with E-state index < -0.39 is 10.0 Å². The molecular formula is C15H26N2O3S. The molecule has 120 valence electrons. The number of sulfonamides is 1. The third-order valence-corrected chi connectivity index (χ3v) is 5.03. The molecule has 0 saturated carbocycles. The van der Waals surface area contributed by atoms with Crippen molar-refractivity contribution in [3.63, 3.8) is 0 Å². The van der Waals surface area contributed by atoms with Crippen molar-refractivity contribution in [1.29, 1.82) is 0 Å². The van der Waals surface area contributed by atoms with Gasteiger partial charge in [-0.05, 0) is 30.7 Å². The van der Waals surface area contributed by atoms with E-state index in [1.165, 1.54) is 4.31 Å². The van der Waals surface area contributed by atoms with Crippen molar-refractivity contribution >= 4 is 10.0 Å². The topological polar surface area (TPSA) is 58.6 Å². The van der Waals surface area contributed by atoms with Gasteiger partial charge in [-0.1, -0.05) is 26.0 Å². The first-order valence-corrected chi connectivity index (χ1v) is 8.76. The van der Waals surface area contributed by atoms with Crippen molar-refractivity contribution in [2.75, 3.05) is 26.5 Å². The minimum atomic E-state index is -3.22. The summed E-state index contributed by atoms with van der Waals surface area (Å²) >= 11 is 0. The molecule has 0 saturated heterocycles. The summed E-state index contributed by atoms with van der Waals surface area (Å²) in [5.41, 5.74) is 0.917. The Morgan fingerprint density at radius 1 is 1.33 bits per heavy atom. The van der Waals surface area contributed by atoms with Crippen molar-refractivity contribution in [3.05, 3.63) is 29.8 Å². The third-order valence-electron chi connectivity index (χ3n) is 3.15. The summed E-state index contributed by atoms with van der Waals surface area (Å²) in [6, 6.07) is 7.83. The number of benzene rings is 1. The van der Waals surface area contributed by atoms with E-state index in [-0.39, 0.29) is 5.75 Å². The standard InChI is InChI=1S/C15H26N2O3S/c1-13(2)16-9-6-10-21(18,19)17(3)12-14-7-5-8-15(11-14)20-4/h5,7-8,11,13,16H,6,9-10,12H2,1-4H3. The molecule has 0 aliphatic carbocycles. The van der Waals surface area contributed by atoms with Crippen LogP contribution in [0.25, 0.3) is 0 Å². The normalized spacial score (nSPS) is 12.1. The summed E-state index contributed by atoms with van der Waals surface area (Å²) in [5, 5.41) is 3.22. The molecule has 0 aliphatic rings. The molecule has 21 heavy (non-hydrogen) atoms. The summed E-state index contributed by atoms with van der Waals surface area (Å²) in [6.07, 6.45) is 0.614. The van der Waals surface area contributed by atoms with Crippen molar-refractivity contribution in [1.82, 2.24) is 9.62 Å². The molecule has 6 heteroatoms. The van der Waals surface area contributed by atoms with Crippen LogP contribution < -0.4 is 10.1 Å². The first-order valence-electron chi connectivity index (χ1n) is 7.15. The minimum absolute atomic E-state index is 0.160. The molecule has 0 amide bonds. The molecule has 1 aromatic carbocycles. The van der Waals surface area contributed by atoms with Gasteiger partial charge in [0.25, 0.3) is 0 Å². The van der Waals surface area contributed by atoms with Crippen LogP contribution in [-0.4, -0.2) is 45.2 Å². The smallest absolute Gasteiger partial charge is 0.214 e. The fourth-order valence-electron chi connectivity index (χ4n) is 1.93. The number of nitrogens with one attached hydrogen (secondary N) is 1. The molecule has 5 nitrogen and oxygen atoms in total. The summed E-state index contributed by atoms with van der Waals surface area (Å²) in [7, 11) is -0.00921. The largest absolute Gasteiger partial charge is 0.497 e. The number of hydrogen-bond donors (Lipinski definition) is 1. The molecular weight excluding hydrogens is 288 g/mol. The predicted molar refractivity (Wildman–Crippen MR) is 86.0 cm³/mol. The Labute approximate surface area is 128 Å². The van der Waals surface area contributed by atoms with E-state index in [9.17, 15) is 8.42 Å². The lowest BCUT2D eigenvalue weighted by molar-refractivity contribution is 0.412. The van der Waals surface area contributed by atoms with E-state index in [1.54, 1.807) is 14.2 Å². The lowest BCUT2D eigenvalue weighted by Gasteiger charge is -2.18. The second kappa shape index (κ2) is 8.36. The maximum atomic E-state index is 12.2. The Morgan fingerprint density at radius 3 is 2.67 bits per heavy atom. The quantitative estimate of drug-likeness (QED) is 0.707. The first kappa shape index (κ1) is 17.9. The van der Waals surface area contributed by atoms with Crippen LogP contribution in [0.5, 0.6) is 5.75 Å². The molecule has 0 spiro atoms. The summed E-state index contributed by atoms with van der Waals surface area (Å²) < 4.78 is 30.9. The predicted octanol–water partition coefficient (Wildman–Crippen LogP) is 1.84. The molecule has 1 aromatic rings.